The largest absolute Gasteiger partial charge is 0.363 e. The van der Waals surface area contributed by atoms with Crippen LogP contribution in [0.25, 0.3) is 0 Å². The van der Waals surface area contributed by atoms with Gasteiger partial charge in [0.25, 0.3) is 0 Å². The number of nitrogens with zero attached hydrogens (tertiary/aromatic N) is 3. The number of hydrogen-bond donors (Lipinski definition) is 1. The number of rotatable bonds is 6. The minimum absolute atomic E-state index is 0.0138. The van der Waals surface area contributed by atoms with Gasteiger partial charge < -0.3 is 5.32 Å². The van der Waals surface area contributed by atoms with Gasteiger partial charge in [0, 0.05) is 13.6 Å². The Balaban J connectivity index is 1.92. The Labute approximate surface area is 117 Å². The van der Waals surface area contributed by atoms with Gasteiger partial charge in [-0.1, -0.05) is 37.3 Å². The van der Waals surface area contributed by atoms with E-state index in [1.807, 2.05) is 18.2 Å². The average molecular weight is 274 g/mol. The van der Waals surface area contributed by atoms with Gasteiger partial charge in [-0.3, -0.25) is 14.8 Å². The topological polar surface area (TPSA) is 73.0 Å². The van der Waals surface area contributed by atoms with Crippen molar-refractivity contribution in [3.8, 4) is 0 Å². The third-order valence-electron chi connectivity index (χ3n) is 3.24. The SMILES string of the molecule is CC(CCNc1nn(C)cc1[N+](=O)[O-])c1ccccc1. The molecule has 0 saturated heterocycles. The lowest BCUT2D eigenvalue weighted by molar-refractivity contribution is -0.384. The Bertz CT molecular complexity index is 580. The molecule has 1 unspecified atom stereocenters. The van der Waals surface area contributed by atoms with Crippen molar-refractivity contribution in [1.29, 1.82) is 0 Å². The van der Waals surface area contributed by atoms with Gasteiger partial charge in [0.2, 0.25) is 5.82 Å². The fraction of sp³-hybridized carbons (Fsp3) is 0.357. The Morgan fingerprint density at radius 1 is 1.40 bits per heavy atom. The predicted molar refractivity (Wildman–Crippen MR) is 77.8 cm³/mol. The molecule has 0 aliphatic rings. The van der Waals surface area contributed by atoms with E-state index < -0.39 is 4.92 Å². The zero-order chi connectivity index (χ0) is 14.5. The molecule has 6 nitrogen and oxygen atoms in total. The maximum absolute atomic E-state index is 10.9. The van der Waals surface area contributed by atoms with Gasteiger partial charge in [0.05, 0.1) is 4.92 Å². The summed E-state index contributed by atoms with van der Waals surface area (Å²) in [6.45, 7) is 2.79. The Kier molecular flexibility index (Phi) is 4.34. The second-order valence-electron chi connectivity index (χ2n) is 4.82. The minimum atomic E-state index is -0.421. The van der Waals surface area contributed by atoms with Crippen molar-refractivity contribution >= 4 is 11.5 Å². The molecule has 0 bridgehead atoms. The molecule has 0 amide bonds. The molecule has 1 heterocycles. The Hall–Kier alpha value is -2.37. The number of benzene rings is 1. The standard InChI is InChI=1S/C14H18N4O2/c1-11(12-6-4-3-5-7-12)8-9-15-14-13(18(19)20)10-17(2)16-14/h3-7,10-11H,8-9H2,1-2H3,(H,15,16). The molecule has 0 saturated carbocycles. The Morgan fingerprint density at radius 2 is 2.10 bits per heavy atom. The van der Waals surface area contributed by atoms with Crippen molar-refractivity contribution < 1.29 is 4.92 Å². The number of anilines is 1. The first-order valence-corrected chi connectivity index (χ1v) is 6.54. The molecule has 6 heteroatoms. The first-order chi connectivity index (χ1) is 9.58. The zero-order valence-corrected chi connectivity index (χ0v) is 11.6. The van der Waals surface area contributed by atoms with E-state index in [0.717, 1.165) is 6.42 Å². The van der Waals surface area contributed by atoms with E-state index in [-0.39, 0.29) is 5.69 Å². The van der Waals surface area contributed by atoms with Crippen molar-refractivity contribution in [2.24, 2.45) is 7.05 Å². The summed E-state index contributed by atoms with van der Waals surface area (Å²) >= 11 is 0. The molecule has 2 rings (SSSR count). The summed E-state index contributed by atoms with van der Waals surface area (Å²) in [5.41, 5.74) is 1.28. The molecule has 1 N–H and O–H groups in total. The van der Waals surface area contributed by atoms with E-state index >= 15 is 0 Å². The maximum Gasteiger partial charge on any atom is 0.330 e. The fourth-order valence-electron chi connectivity index (χ4n) is 2.09. The van der Waals surface area contributed by atoms with Crippen LogP contribution in [0.5, 0.6) is 0 Å². The van der Waals surface area contributed by atoms with Crippen molar-refractivity contribution in [2.45, 2.75) is 19.3 Å². The number of aryl methyl sites for hydroxylation is 1. The zero-order valence-electron chi connectivity index (χ0n) is 11.6. The molecule has 106 valence electrons. The van der Waals surface area contributed by atoms with Crippen molar-refractivity contribution in [3.63, 3.8) is 0 Å². The molecule has 0 aliphatic carbocycles. The quantitative estimate of drug-likeness (QED) is 0.649. The van der Waals surface area contributed by atoms with Crippen LogP contribution in [-0.2, 0) is 7.05 Å². The van der Waals surface area contributed by atoms with Gasteiger partial charge in [-0.15, -0.1) is 5.10 Å². The highest BCUT2D eigenvalue weighted by Crippen LogP contribution is 2.23. The third-order valence-corrected chi connectivity index (χ3v) is 3.24. The normalized spacial score (nSPS) is 12.1. The molecular formula is C14H18N4O2. The Morgan fingerprint density at radius 3 is 2.75 bits per heavy atom. The van der Waals surface area contributed by atoms with Crippen molar-refractivity contribution in [2.75, 3.05) is 11.9 Å². The molecule has 2 aromatic rings. The minimum Gasteiger partial charge on any atom is -0.363 e. The van der Waals surface area contributed by atoms with Crippen LogP contribution >= 0.6 is 0 Å². The van der Waals surface area contributed by atoms with E-state index in [1.54, 1.807) is 7.05 Å². The highest BCUT2D eigenvalue weighted by atomic mass is 16.6. The van der Waals surface area contributed by atoms with Crippen molar-refractivity contribution in [1.82, 2.24) is 9.78 Å². The lowest BCUT2D eigenvalue weighted by Gasteiger charge is -2.11. The van der Waals surface area contributed by atoms with E-state index in [9.17, 15) is 10.1 Å². The lowest BCUT2D eigenvalue weighted by Crippen LogP contribution is -2.07. The van der Waals surface area contributed by atoms with Gasteiger partial charge in [-0.25, -0.2) is 0 Å². The molecular weight excluding hydrogens is 256 g/mol. The second kappa shape index (κ2) is 6.18. The van der Waals surface area contributed by atoms with Gasteiger partial charge in [-0.2, -0.15) is 0 Å². The van der Waals surface area contributed by atoms with Crippen LogP contribution in [0.4, 0.5) is 11.5 Å². The molecule has 0 aliphatic heterocycles. The van der Waals surface area contributed by atoms with E-state index in [1.165, 1.54) is 16.4 Å². The highest BCUT2D eigenvalue weighted by molar-refractivity contribution is 5.54. The molecule has 0 fully saturated rings. The summed E-state index contributed by atoms with van der Waals surface area (Å²) in [5.74, 6) is 0.726. The summed E-state index contributed by atoms with van der Waals surface area (Å²) in [7, 11) is 1.67. The van der Waals surface area contributed by atoms with E-state index in [4.69, 9.17) is 0 Å². The summed E-state index contributed by atoms with van der Waals surface area (Å²) < 4.78 is 1.45. The average Bonchev–Trinajstić information content (AvgIpc) is 2.81. The monoisotopic (exact) mass is 274 g/mol. The third kappa shape index (κ3) is 3.34. The maximum atomic E-state index is 10.9. The van der Waals surface area contributed by atoms with Crippen LogP contribution in [0.15, 0.2) is 36.5 Å². The van der Waals surface area contributed by atoms with Gasteiger partial charge in [-0.05, 0) is 17.9 Å². The van der Waals surface area contributed by atoms with E-state index in [0.29, 0.717) is 18.3 Å². The summed E-state index contributed by atoms with van der Waals surface area (Å²) in [6, 6.07) is 10.2. The first-order valence-electron chi connectivity index (χ1n) is 6.54. The predicted octanol–water partition coefficient (Wildman–Crippen LogP) is 2.93. The summed E-state index contributed by atoms with van der Waals surface area (Å²) in [4.78, 5) is 10.4. The number of nitro groups is 1. The number of aromatic nitrogens is 2. The highest BCUT2D eigenvalue weighted by Gasteiger charge is 2.18. The second-order valence-corrected chi connectivity index (χ2v) is 4.82. The molecule has 1 aromatic carbocycles. The lowest BCUT2D eigenvalue weighted by atomic mass is 9.98. The molecule has 0 radical (unpaired) electrons. The van der Waals surface area contributed by atoms with Gasteiger partial charge >= 0.3 is 5.69 Å². The van der Waals surface area contributed by atoms with Crippen LogP contribution in [0.3, 0.4) is 0 Å². The fourth-order valence-corrected chi connectivity index (χ4v) is 2.09. The summed E-state index contributed by atoms with van der Waals surface area (Å²) in [6.07, 6.45) is 2.29. The van der Waals surface area contributed by atoms with Crippen LogP contribution in [-0.4, -0.2) is 21.2 Å². The molecule has 1 aromatic heterocycles. The molecule has 1 atom stereocenters. The van der Waals surface area contributed by atoms with Gasteiger partial charge in [0.15, 0.2) is 0 Å². The number of nitrogens with one attached hydrogen (secondary N) is 1. The van der Waals surface area contributed by atoms with Gasteiger partial charge in [0.1, 0.15) is 6.20 Å². The van der Waals surface area contributed by atoms with E-state index in [2.05, 4.69) is 29.5 Å². The molecule has 20 heavy (non-hydrogen) atoms. The summed E-state index contributed by atoms with van der Waals surface area (Å²) in [5, 5.41) is 18.0. The number of hydrogen-bond acceptors (Lipinski definition) is 4. The first kappa shape index (κ1) is 14.0. The van der Waals surface area contributed by atoms with Crippen LogP contribution in [0, 0.1) is 10.1 Å². The van der Waals surface area contributed by atoms with Crippen LogP contribution in [0.2, 0.25) is 0 Å². The smallest absolute Gasteiger partial charge is 0.330 e. The van der Waals surface area contributed by atoms with Crippen molar-refractivity contribution in [3.05, 3.63) is 52.2 Å². The van der Waals surface area contributed by atoms with Crippen LogP contribution in [0.1, 0.15) is 24.8 Å². The molecule has 0 spiro atoms. The van der Waals surface area contributed by atoms with Crippen LogP contribution < -0.4 is 5.32 Å².